The third kappa shape index (κ3) is 2.63. The number of likely N-dealkylation sites (tertiary alicyclic amines) is 1. The van der Waals surface area contributed by atoms with Crippen LogP contribution in [-0.2, 0) is 0 Å². The molecule has 0 aliphatic carbocycles. The lowest BCUT2D eigenvalue weighted by Gasteiger charge is -2.14. The molecule has 1 aromatic carbocycles. The topological polar surface area (TPSA) is 3.24 Å². The van der Waals surface area contributed by atoms with Crippen molar-refractivity contribution in [1.29, 1.82) is 0 Å². The van der Waals surface area contributed by atoms with Gasteiger partial charge in [-0.1, -0.05) is 30.7 Å². The summed E-state index contributed by atoms with van der Waals surface area (Å²) in [5.74, 6) is 6.25. The summed E-state index contributed by atoms with van der Waals surface area (Å²) in [6, 6.07) is 10.0. The largest absolute Gasteiger partial charge is 0.365 e. The Morgan fingerprint density at radius 1 is 1.13 bits per heavy atom. The summed E-state index contributed by atoms with van der Waals surface area (Å²) in [5, 5.41) is 0. The SMILES string of the molecule is C=C(C#Cc1ccccc1)N1CCCC1. The summed E-state index contributed by atoms with van der Waals surface area (Å²) in [6.45, 7) is 6.23. The minimum atomic E-state index is 0.955. The van der Waals surface area contributed by atoms with E-state index in [0.717, 1.165) is 24.4 Å². The van der Waals surface area contributed by atoms with Crippen molar-refractivity contribution in [2.75, 3.05) is 13.1 Å². The quantitative estimate of drug-likeness (QED) is 0.626. The third-order valence-corrected chi connectivity index (χ3v) is 2.61. The molecule has 1 aliphatic heterocycles. The summed E-state index contributed by atoms with van der Waals surface area (Å²) < 4.78 is 0. The molecule has 1 aromatic rings. The number of benzene rings is 1. The predicted octanol–water partition coefficient (Wildman–Crippen LogP) is 2.65. The van der Waals surface area contributed by atoms with E-state index in [-0.39, 0.29) is 0 Å². The van der Waals surface area contributed by atoms with Crippen molar-refractivity contribution in [3.05, 3.63) is 48.2 Å². The minimum Gasteiger partial charge on any atom is -0.365 e. The van der Waals surface area contributed by atoms with Gasteiger partial charge in [-0.15, -0.1) is 0 Å². The second-order valence-electron chi connectivity index (χ2n) is 3.76. The molecule has 1 nitrogen and oxygen atoms in total. The summed E-state index contributed by atoms with van der Waals surface area (Å²) in [4.78, 5) is 2.26. The molecule has 1 fully saturated rings. The van der Waals surface area contributed by atoms with Gasteiger partial charge < -0.3 is 4.90 Å². The molecule has 0 spiro atoms. The molecule has 1 saturated heterocycles. The minimum absolute atomic E-state index is 0.955. The van der Waals surface area contributed by atoms with Gasteiger partial charge in [0.2, 0.25) is 0 Å². The molecule has 2 rings (SSSR count). The van der Waals surface area contributed by atoms with Gasteiger partial charge in [0.05, 0.1) is 5.70 Å². The smallest absolute Gasteiger partial charge is 0.0810 e. The number of hydrogen-bond donors (Lipinski definition) is 0. The summed E-state index contributed by atoms with van der Waals surface area (Å²) >= 11 is 0. The van der Waals surface area contributed by atoms with Crippen LogP contribution in [0.5, 0.6) is 0 Å². The number of allylic oxidation sites excluding steroid dienone is 1. The van der Waals surface area contributed by atoms with Crippen molar-refractivity contribution < 1.29 is 0 Å². The van der Waals surface area contributed by atoms with Crippen LogP contribution in [0.1, 0.15) is 18.4 Å². The Hall–Kier alpha value is -1.68. The Balaban J connectivity index is 2.02. The molecule has 0 N–H and O–H groups in total. The van der Waals surface area contributed by atoms with Gasteiger partial charge in [0, 0.05) is 18.7 Å². The normalized spacial score (nSPS) is 14.5. The molecule has 0 bridgehead atoms. The first-order chi connectivity index (χ1) is 7.36. The van der Waals surface area contributed by atoms with Crippen molar-refractivity contribution in [1.82, 2.24) is 4.90 Å². The second kappa shape index (κ2) is 4.70. The lowest BCUT2D eigenvalue weighted by molar-refractivity contribution is 0.446. The molecule has 1 heterocycles. The van der Waals surface area contributed by atoms with Crippen LogP contribution in [0.2, 0.25) is 0 Å². The van der Waals surface area contributed by atoms with Crippen molar-refractivity contribution in [3.8, 4) is 11.8 Å². The van der Waals surface area contributed by atoms with Gasteiger partial charge in [-0.2, -0.15) is 0 Å². The van der Waals surface area contributed by atoms with Crippen LogP contribution in [0.25, 0.3) is 0 Å². The molecule has 1 heteroatoms. The molecule has 0 amide bonds. The number of rotatable bonds is 1. The van der Waals surface area contributed by atoms with Crippen LogP contribution < -0.4 is 0 Å². The van der Waals surface area contributed by atoms with Gasteiger partial charge in [-0.25, -0.2) is 0 Å². The highest BCUT2D eigenvalue weighted by Crippen LogP contribution is 2.12. The molecule has 0 radical (unpaired) electrons. The van der Waals surface area contributed by atoms with E-state index in [1.165, 1.54) is 12.8 Å². The van der Waals surface area contributed by atoms with E-state index in [1.807, 2.05) is 30.3 Å². The lowest BCUT2D eigenvalue weighted by atomic mass is 10.2. The standard InChI is InChI=1S/C14H15N/c1-13(15-11-5-6-12-15)9-10-14-7-3-2-4-8-14/h2-4,7-8H,1,5-6,11-12H2. The average molecular weight is 197 g/mol. The Morgan fingerprint density at radius 3 is 2.47 bits per heavy atom. The van der Waals surface area contributed by atoms with Crippen molar-refractivity contribution >= 4 is 0 Å². The maximum atomic E-state index is 4.00. The third-order valence-electron chi connectivity index (χ3n) is 2.61. The van der Waals surface area contributed by atoms with E-state index < -0.39 is 0 Å². The van der Waals surface area contributed by atoms with Gasteiger partial charge in [-0.05, 0) is 30.9 Å². The molecule has 0 saturated carbocycles. The van der Waals surface area contributed by atoms with Gasteiger partial charge in [-0.3, -0.25) is 0 Å². The average Bonchev–Trinajstić information content (AvgIpc) is 2.81. The Labute approximate surface area is 91.4 Å². The first-order valence-corrected chi connectivity index (χ1v) is 5.37. The first-order valence-electron chi connectivity index (χ1n) is 5.37. The van der Waals surface area contributed by atoms with E-state index in [9.17, 15) is 0 Å². The van der Waals surface area contributed by atoms with Crippen LogP contribution in [0, 0.1) is 11.8 Å². The van der Waals surface area contributed by atoms with Gasteiger partial charge >= 0.3 is 0 Å². The molecule has 0 unspecified atom stereocenters. The zero-order valence-corrected chi connectivity index (χ0v) is 8.87. The van der Waals surface area contributed by atoms with Crippen LogP contribution in [-0.4, -0.2) is 18.0 Å². The predicted molar refractivity (Wildman–Crippen MR) is 63.3 cm³/mol. The van der Waals surface area contributed by atoms with Crippen LogP contribution in [0.3, 0.4) is 0 Å². The van der Waals surface area contributed by atoms with Crippen LogP contribution in [0.4, 0.5) is 0 Å². The molecular weight excluding hydrogens is 182 g/mol. The molecule has 0 atom stereocenters. The van der Waals surface area contributed by atoms with E-state index in [4.69, 9.17) is 0 Å². The van der Waals surface area contributed by atoms with E-state index >= 15 is 0 Å². The van der Waals surface area contributed by atoms with E-state index in [1.54, 1.807) is 0 Å². The first kappa shape index (κ1) is 9.86. The van der Waals surface area contributed by atoms with Gasteiger partial charge in [0.25, 0.3) is 0 Å². The highest BCUT2D eigenvalue weighted by atomic mass is 15.1. The Morgan fingerprint density at radius 2 is 1.80 bits per heavy atom. The highest BCUT2D eigenvalue weighted by Gasteiger charge is 2.10. The fourth-order valence-corrected chi connectivity index (χ4v) is 1.73. The summed E-state index contributed by atoms with van der Waals surface area (Å²) in [6.07, 6.45) is 2.54. The lowest BCUT2D eigenvalue weighted by Crippen LogP contribution is -2.16. The molecular formula is C14H15N. The Bertz CT molecular complexity index is 388. The highest BCUT2D eigenvalue weighted by molar-refractivity contribution is 5.39. The van der Waals surface area contributed by atoms with Crippen molar-refractivity contribution in [2.24, 2.45) is 0 Å². The number of nitrogens with zero attached hydrogens (tertiary/aromatic N) is 1. The van der Waals surface area contributed by atoms with E-state index in [0.29, 0.717) is 0 Å². The fraction of sp³-hybridized carbons (Fsp3) is 0.286. The van der Waals surface area contributed by atoms with Gasteiger partial charge in [0.15, 0.2) is 0 Å². The van der Waals surface area contributed by atoms with Crippen LogP contribution in [0.15, 0.2) is 42.6 Å². The monoisotopic (exact) mass is 197 g/mol. The molecule has 1 aliphatic rings. The Kier molecular flexibility index (Phi) is 3.09. The van der Waals surface area contributed by atoms with Gasteiger partial charge in [0.1, 0.15) is 0 Å². The summed E-state index contributed by atoms with van der Waals surface area (Å²) in [5.41, 5.74) is 2.01. The van der Waals surface area contributed by atoms with Crippen molar-refractivity contribution in [3.63, 3.8) is 0 Å². The molecule has 0 aromatic heterocycles. The second-order valence-corrected chi connectivity index (χ2v) is 3.76. The zero-order chi connectivity index (χ0) is 10.5. The van der Waals surface area contributed by atoms with E-state index in [2.05, 4.69) is 23.3 Å². The number of hydrogen-bond acceptors (Lipinski definition) is 1. The zero-order valence-electron chi connectivity index (χ0n) is 8.87. The van der Waals surface area contributed by atoms with Crippen LogP contribution >= 0.6 is 0 Å². The summed E-state index contributed by atoms with van der Waals surface area (Å²) in [7, 11) is 0. The molecule has 15 heavy (non-hydrogen) atoms. The maximum Gasteiger partial charge on any atom is 0.0810 e. The van der Waals surface area contributed by atoms with Crippen molar-refractivity contribution in [2.45, 2.75) is 12.8 Å². The molecule has 76 valence electrons. The maximum absolute atomic E-state index is 4.00. The fourth-order valence-electron chi connectivity index (χ4n) is 1.73.